The van der Waals surface area contributed by atoms with E-state index >= 15 is 0 Å². The number of nitrogens with one attached hydrogen (secondary N) is 2. The first-order chi connectivity index (χ1) is 8.63. The lowest BCUT2D eigenvalue weighted by atomic mass is 9.93. The van der Waals surface area contributed by atoms with E-state index in [4.69, 9.17) is 10.2 Å². The smallest absolute Gasteiger partial charge is 0.326 e. The highest BCUT2D eigenvalue weighted by Gasteiger charge is 2.42. The minimum absolute atomic E-state index is 0.0435. The van der Waals surface area contributed by atoms with Crippen LogP contribution in [0.3, 0.4) is 0 Å². The van der Waals surface area contributed by atoms with Crippen molar-refractivity contribution >= 4 is 11.9 Å². The van der Waals surface area contributed by atoms with Crippen molar-refractivity contribution in [1.29, 1.82) is 0 Å². The van der Waals surface area contributed by atoms with Gasteiger partial charge in [-0.2, -0.15) is 0 Å². The van der Waals surface area contributed by atoms with Crippen molar-refractivity contribution in [2.75, 3.05) is 13.2 Å². The maximum Gasteiger partial charge on any atom is 0.326 e. The molecule has 1 amide bonds. The molecule has 1 aliphatic carbocycles. The third-order valence-corrected chi connectivity index (χ3v) is 4.06. The molecule has 0 spiro atoms. The highest BCUT2D eigenvalue weighted by Crippen LogP contribution is 2.37. The quantitative estimate of drug-likeness (QED) is 0.523. The molecule has 0 aromatic carbocycles. The Balaban J connectivity index is 1.92. The number of carboxylic acids is 1. The van der Waals surface area contributed by atoms with Gasteiger partial charge in [0, 0.05) is 13.0 Å². The van der Waals surface area contributed by atoms with E-state index in [-0.39, 0.29) is 25.0 Å². The molecule has 1 heterocycles. The van der Waals surface area contributed by atoms with Crippen LogP contribution in [0.5, 0.6) is 0 Å². The molecule has 1 aliphatic heterocycles. The number of hydrogen-bond donors (Lipinski definition) is 4. The lowest BCUT2D eigenvalue weighted by Gasteiger charge is -2.20. The number of carboxylic acid groups (broad SMARTS) is 1. The molecule has 2 fully saturated rings. The molecular formula is C12H20N2O4. The van der Waals surface area contributed by atoms with Crippen LogP contribution in [-0.4, -0.2) is 47.3 Å². The Kier molecular flexibility index (Phi) is 4.19. The summed E-state index contributed by atoms with van der Waals surface area (Å²) < 4.78 is 0. The predicted molar refractivity (Wildman–Crippen MR) is 63.9 cm³/mol. The number of aliphatic hydroxyl groups is 1. The largest absolute Gasteiger partial charge is 0.480 e. The van der Waals surface area contributed by atoms with Gasteiger partial charge in [0.2, 0.25) is 5.91 Å². The van der Waals surface area contributed by atoms with Gasteiger partial charge in [-0.3, -0.25) is 4.79 Å². The second-order valence-corrected chi connectivity index (χ2v) is 5.15. The van der Waals surface area contributed by atoms with Gasteiger partial charge < -0.3 is 20.8 Å². The molecule has 0 bridgehead atoms. The summed E-state index contributed by atoms with van der Waals surface area (Å²) in [5.74, 6) is -0.445. The van der Waals surface area contributed by atoms with Crippen LogP contribution in [0, 0.1) is 11.8 Å². The summed E-state index contributed by atoms with van der Waals surface area (Å²) in [5.41, 5.74) is 0. The summed E-state index contributed by atoms with van der Waals surface area (Å²) in [5, 5.41) is 23.4. The number of amides is 1. The molecule has 0 radical (unpaired) electrons. The van der Waals surface area contributed by atoms with Gasteiger partial charge in [0.25, 0.3) is 0 Å². The lowest BCUT2D eigenvalue weighted by Crippen LogP contribution is -2.50. The average Bonchev–Trinajstić information content (AvgIpc) is 2.89. The molecule has 1 saturated carbocycles. The van der Waals surface area contributed by atoms with Crippen LogP contribution in [0.1, 0.15) is 25.7 Å². The Morgan fingerprint density at radius 2 is 2.17 bits per heavy atom. The number of aliphatic carboxylic acids is 1. The molecule has 4 atom stereocenters. The minimum Gasteiger partial charge on any atom is -0.480 e. The third-order valence-electron chi connectivity index (χ3n) is 4.06. The number of aliphatic hydroxyl groups excluding tert-OH is 1. The summed E-state index contributed by atoms with van der Waals surface area (Å²) in [4.78, 5) is 23.0. The number of carbonyl (C=O) groups excluding carboxylic acids is 1. The first-order valence-corrected chi connectivity index (χ1v) is 6.51. The zero-order chi connectivity index (χ0) is 13.1. The van der Waals surface area contributed by atoms with Crippen LogP contribution in [-0.2, 0) is 9.59 Å². The van der Waals surface area contributed by atoms with E-state index in [1.807, 2.05) is 0 Å². The molecule has 2 aliphatic rings. The number of carbonyl (C=O) groups is 2. The molecule has 2 rings (SSSR count). The van der Waals surface area contributed by atoms with Gasteiger partial charge in [-0.25, -0.2) is 4.79 Å². The van der Waals surface area contributed by atoms with Crippen molar-refractivity contribution in [1.82, 2.24) is 10.6 Å². The van der Waals surface area contributed by atoms with Gasteiger partial charge >= 0.3 is 5.97 Å². The molecule has 4 N–H and O–H groups in total. The van der Waals surface area contributed by atoms with E-state index in [0.29, 0.717) is 11.8 Å². The molecule has 18 heavy (non-hydrogen) atoms. The van der Waals surface area contributed by atoms with Gasteiger partial charge in [0.15, 0.2) is 0 Å². The van der Waals surface area contributed by atoms with Crippen molar-refractivity contribution in [3.05, 3.63) is 0 Å². The van der Waals surface area contributed by atoms with Crippen LogP contribution < -0.4 is 10.6 Å². The molecule has 102 valence electrons. The molecule has 6 heteroatoms. The Morgan fingerprint density at radius 3 is 2.83 bits per heavy atom. The molecule has 0 aromatic heterocycles. The zero-order valence-corrected chi connectivity index (χ0v) is 10.3. The van der Waals surface area contributed by atoms with Gasteiger partial charge in [-0.05, 0) is 31.2 Å². The normalized spacial score (nSPS) is 31.9. The number of fused-ring (bicyclic) bond motifs is 1. The minimum atomic E-state index is -1.10. The van der Waals surface area contributed by atoms with Crippen molar-refractivity contribution < 1.29 is 19.8 Å². The molecule has 1 saturated heterocycles. The van der Waals surface area contributed by atoms with E-state index in [9.17, 15) is 9.59 Å². The maximum atomic E-state index is 12.1. The maximum absolute atomic E-state index is 12.1. The fourth-order valence-corrected chi connectivity index (χ4v) is 3.12. The number of rotatable bonds is 5. The second-order valence-electron chi connectivity index (χ2n) is 5.15. The fraction of sp³-hybridized carbons (Fsp3) is 0.833. The Labute approximate surface area is 106 Å². The van der Waals surface area contributed by atoms with E-state index in [0.717, 1.165) is 25.8 Å². The van der Waals surface area contributed by atoms with E-state index in [2.05, 4.69) is 10.6 Å². The Bertz CT molecular complexity index is 334. The van der Waals surface area contributed by atoms with Crippen molar-refractivity contribution in [3.8, 4) is 0 Å². The highest BCUT2D eigenvalue weighted by molar-refractivity contribution is 5.87. The number of hydrogen-bond acceptors (Lipinski definition) is 4. The lowest BCUT2D eigenvalue weighted by molar-refractivity contribution is -0.142. The van der Waals surface area contributed by atoms with Gasteiger partial charge in [0.1, 0.15) is 6.04 Å². The Morgan fingerprint density at radius 1 is 1.39 bits per heavy atom. The fourth-order valence-electron chi connectivity index (χ4n) is 3.12. The highest BCUT2D eigenvalue weighted by atomic mass is 16.4. The SMILES string of the molecule is O=C(O)C(CCO)NC(=O)C1NCC2CCCC21. The first-order valence-electron chi connectivity index (χ1n) is 6.51. The third kappa shape index (κ3) is 2.64. The summed E-state index contributed by atoms with van der Waals surface area (Å²) in [6.45, 7) is 0.599. The van der Waals surface area contributed by atoms with Crippen molar-refractivity contribution in [2.45, 2.75) is 37.8 Å². The van der Waals surface area contributed by atoms with Crippen LogP contribution in [0.25, 0.3) is 0 Å². The van der Waals surface area contributed by atoms with Crippen LogP contribution >= 0.6 is 0 Å². The summed E-state index contributed by atoms with van der Waals surface area (Å²) in [7, 11) is 0. The Hall–Kier alpha value is -1.14. The van der Waals surface area contributed by atoms with Crippen molar-refractivity contribution in [3.63, 3.8) is 0 Å². The first kappa shape index (κ1) is 13.3. The van der Waals surface area contributed by atoms with Gasteiger partial charge in [0.05, 0.1) is 6.04 Å². The van der Waals surface area contributed by atoms with E-state index in [1.165, 1.54) is 0 Å². The molecule has 4 unspecified atom stereocenters. The zero-order valence-electron chi connectivity index (χ0n) is 10.3. The van der Waals surface area contributed by atoms with Crippen LogP contribution in [0.2, 0.25) is 0 Å². The standard InChI is InChI=1S/C12H20N2O4/c15-5-4-9(12(17)18)14-11(16)10-8-3-1-2-7(8)6-13-10/h7-10,13,15H,1-6H2,(H,14,16)(H,17,18). The molecular weight excluding hydrogens is 236 g/mol. The monoisotopic (exact) mass is 256 g/mol. The predicted octanol–water partition coefficient (Wildman–Crippen LogP) is -0.674. The molecule has 6 nitrogen and oxygen atoms in total. The van der Waals surface area contributed by atoms with Crippen molar-refractivity contribution in [2.24, 2.45) is 11.8 Å². The average molecular weight is 256 g/mol. The van der Waals surface area contributed by atoms with Crippen LogP contribution in [0.4, 0.5) is 0 Å². The summed E-state index contributed by atoms with van der Waals surface area (Å²) >= 11 is 0. The second kappa shape index (κ2) is 5.67. The van der Waals surface area contributed by atoms with Gasteiger partial charge in [-0.15, -0.1) is 0 Å². The van der Waals surface area contributed by atoms with Gasteiger partial charge in [-0.1, -0.05) is 6.42 Å². The summed E-state index contributed by atoms with van der Waals surface area (Å²) in [6, 6.07) is -1.26. The van der Waals surface area contributed by atoms with E-state index < -0.39 is 12.0 Å². The molecule has 0 aromatic rings. The summed E-state index contributed by atoms with van der Waals surface area (Å²) in [6.07, 6.45) is 3.38. The van der Waals surface area contributed by atoms with E-state index in [1.54, 1.807) is 0 Å². The van der Waals surface area contributed by atoms with Crippen LogP contribution in [0.15, 0.2) is 0 Å². The topological polar surface area (TPSA) is 98.7 Å².